The molecule has 0 aliphatic heterocycles. The molecule has 1 N–H and O–H groups in total. The topological polar surface area (TPSA) is 94.1 Å². The third-order valence-corrected chi connectivity index (χ3v) is 2.08. The van der Waals surface area contributed by atoms with Gasteiger partial charge in [0.25, 0.3) is 0 Å². The normalized spacial score (nSPS) is 10.2. The first-order chi connectivity index (χ1) is 8.15. The number of hydrogen-bond donors (Lipinski definition) is 1. The molecular weight excluding hydrogens is 224 g/mol. The van der Waals surface area contributed by atoms with Crippen LogP contribution in [-0.2, 0) is 6.54 Å². The Morgan fingerprint density at radius 1 is 1.53 bits per heavy atom. The number of aryl methyl sites for hydroxylation is 1. The van der Waals surface area contributed by atoms with Gasteiger partial charge in [-0.3, -0.25) is 0 Å². The number of pyridine rings is 1. The molecule has 2 heterocycles. The summed E-state index contributed by atoms with van der Waals surface area (Å²) in [6.45, 7) is 2.29. The molecule has 0 bridgehead atoms. The molecule has 0 unspecified atom stereocenters. The number of hydrogen-bond acceptors (Lipinski definition) is 6. The van der Waals surface area contributed by atoms with E-state index in [2.05, 4.69) is 15.5 Å². The Labute approximate surface area is 96.6 Å². The van der Waals surface area contributed by atoms with Gasteiger partial charge in [0.05, 0.1) is 17.9 Å². The summed E-state index contributed by atoms with van der Waals surface area (Å²) >= 11 is 0. The van der Waals surface area contributed by atoms with Gasteiger partial charge in [-0.2, -0.15) is 0 Å². The molecule has 0 spiro atoms. The van der Waals surface area contributed by atoms with Gasteiger partial charge in [-0.25, -0.2) is 0 Å². The van der Waals surface area contributed by atoms with Crippen molar-refractivity contribution in [2.45, 2.75) is 13.5 Å². The first-order valence-electron chi connectivity index (χ1n) is 4.91. The molecule has 0 aliphatic rings. The lowest BCUT2D eigenvalue weighted by Gasteiger charge is -2.00. The minimum absolute atomic E-state index is 0.175. The van der Waals surface area contributed by atoms with Crippen LogP contribution in [0.2, 0.25) is 0 Å². The molecule has 0 aromatic carbocycles. The summed E-state index contributed by atoms with van der Waals surface area (Å²) in [5.74, 6) is 0.520. The monoisotopic (exact) mass is 234 g/mol. The van der Waals surface area contributed by atoms with Gasteiger partial charge in [0.1, 0.15) is 0 Å². The summed E-state index contributed by atoms with van der Waals surface area (Å²) in [7, 11) is 0. The summed E-state index contributed by atoms with van der Waals surface area (Å²) < 4.78 is 5.01. The molecule has 17 heavy (non-hydrogen) atoms. The Kier molecular flexibility index (Phi) is 2.99. The number of nitrogens with one attached hydrogen (secondary N) is 1. The van der Waals surface area contributed by atoms with Crippen molar-refractivity contribution in [3.8, 4) is 0 Å². The fourth-order valence-electron chi connectivity index (χ4n) is 1.29. The van der Waals surface area contributed by atoms with E-state index >= 15 is 0 Å². The maximum Gasteiger partial charge on any atom is 0.363 e. The molecule has 0 fully saturated rings. The largest absolute Gasteiger partial charge is 0.375 e. The predicted molar refractivity (Wildman–Crippen MR) is 59.5 cm³/mol. The van der Waals surface area contributed by atoms with Crippen LogP contribution in [0, 0.1) is 17.0 Å². The fraction of sp³-hybridized carbons (Fsp3) is 0.200. The van der Waals surface area contributed by atoms with Crippen LogP contribution in [0.25, 0.3) is 0 Å². The summed E-state index contributed by atoms with van der Waals surface area (Å²) in [5.41, 5.74) is 1.49. The Morgan fingerprint density at radius 3 is 2.88 bits per heavy atom. The smallest absolute Gasteiger partial charge is 0.363 e. The van der Waals surface area contributed by atoms with Gasteiger partial charge >= 0.3 is 5.82 Å². The average molecular weight is 234 g/mol. The first kappa shape index (κ1) is 11.1. The highest BCUT2D eigenvalue weighted by atomic mass is 16.6. The van der Waals surface area contributed by atoms with Gasteiger partial charge in [-0.1, -0.05) is 5.16 Å². The third kappa shape index (κ3) is 2.77. The van der Waals surface area contributed by atoms with Crippen LogP contribution < -0.4 is 5.32 Å². The average Bonchev–Trinajstić information content (AvgIpc) is 2.73. The van der Waals surface area contributed by atoms with Crippen molar-refractivity contribution in [1.82, 2.24) is 10.1 Å². The Bertz CT molecular complexity index is 521. The van der Waals surface area contributed by atoms with Crippen LogP contribution in [0.15, 0.2) is 28.9 Å². The van der Waals surface area contributed by atoms with E-state index in [1.54, 1.807) is 6.07 Å². The summed E-state index contributed by atoms with van der Waals surface area (Å²) in [5, 5.41) is 17.2. The van der Waals surface area contributed by atoms with Crippen molar-refractivity contribution in [1.29, 1.82) is 0 Å². The Balaban J connectivity index is 1.97. The standard InChI is InChI=1S/C10H10N4O3/c1-7-4-9(17-13-7)6-11-8-2-3-10(12-5-8)14(15)16/h2-5,11H,6H2,1H3. The Hall–Kier alpha value is -2.44. The summed E-state index contributed by atoms with van der Waals surface area (Å²) in [4.78, 5) is 13.5. The molecule has 7 nitrogen and oxygen atoms in total. The number of anilines is 1. The maximum absolute atomic E-state index is 10.4. The molecule has 0 radical (unpaired) electrons. The molecule has 0 aliphatic carbocycles. The zero-order chi connectivity index (χ0) is 12.3. The van der Waals surface area contributed by atoms with Crippen LogP contribution in [0.1, 0.15) is 11.5 Å². The lowest BCUT2D eigenvalue weighted by atomic mass is 10.3. The predicted octanol–water partition coefficient (Wildman–Crippen LogP) is 1.90. The van der Waals surface area contributed by atoms with Gasteiger partial charge in [0.2, 0.25) is 0 Å². The molecule has 0 amide bonds. The molecular formula is C10H10N4O3. The quantitative estimate of drug-likeness (QED) is 0.641. The zero-order valence-corrected chi connectivity index (χ0v) is 9.08. The first-order valence-corrected chi connectivity index (χ1v) is 4.91. The number of rotatable bonds is 4. The van der Waals surface area contributed by atoms with Crippen LogP contribution in [-0.4, -0.2) is 15.1 Å². The molecule has 2 rings (SSSR count). The Morgan fingerprint density at radius 2 is 2.35 bits per heavy atom. The van der Waals surface area contributed by atoms with Gasteiger partial charge in [0.15, 0.2) is 12.0 Å². The van der Waals surface area contributed by atoms with E-state index in [0.717, 1.165) is 5.69 Å². The molecule has 0 saturated carbocycles. The maximum atomic E-state index is 10.4. The zero-order valence-electron chi connectivity index (χ0n) is 9.08. The van der Waals surface area contributed by atoms with Crippen molar-refractivity contribution in [3.63, 3.8) is 0 Å². The van der Waals surface area contributed by atoms with Crippen molar-refractivity contribution < 1.29 is 9.45 Å². The number of aromatic nitrogens is 2. The van der Waals surface area contributed by atoms with Crippen LogP contribution >= 0.6 is 0 Å². The molecule has 2 aromatic rings. The van der Waals surface area contributed by atoms with Crippen LogP contribution in [0.4, 0.5) is 11.5 Å². The highest BCUT2D eigenvalue weighted by molar-refractivity contribution is 5.43. The molecule has 0 atom stereocenters. The second kappa shape index (κ2) is 4.60. The molecule has 88 valence electrons. The fourth-order valence-corrected chi connectivity index (χ4v) is 1.29. The highest BCUT2D eigenvalue weighted by Crippen LogP contribution is 2.12. The highest BCUT2D eigenvalue weighted by Gasteiger charge is 2.06. The second-order valence-electron chi connectivity index (χ2n) is 3.45. The van der Waals surface area contributed by atoms with Gasteiger partial charge in [-0.05, 0) is 22.9 Å². The minimum Gasteiger partial charge on any atom is -0.375 e. The van der Waals surface area contributed by atoms with E-state index in [1.807, 2.05) is 13.0 Å². The lowest BCUT2D eigenvalue weighted by molar-refractivity contribution is -0.389. The van der Waals surface area contributed by atoms with Crippen LogP contribution in [0.5, 0.6) is 0 Å². The molecule has 0 saturated heterocycles. The second-order valence-corrected chi connectivity index (χ2v) is 3.45. The van der Waals surface area contributed by atoms with E-state index < -0.39 is 4.92 Å². The van der Waals surface area contributed by atoms with Crippen molar-refractivity contribution >= 4 is 11.5 Å². The van der Waals surface area contributed by atoms with Crippen molar-refractivity contribution in [3.05, 3.63) is 46.0 Å². The van der Waals surface area contributed by atoms with Crippen LogP contribution in [0.3, 0.4) is 0 Å². The number of nitro groups is 1. The SMILES string of the molecule is Cc1cc(CNc2ccc([N+](=O)[O-])nc2)on1. The summed E-state index contributed by atoms with van der Waals surface area (Å²) in [6, 6.07) is 4.74. The minimum atomic E-state index is -0.538. The van der Waals surface area contributed by atoms with Gasteiger partial charge in [-0.15, -0.1) is 0 Å². The van der Waals surface area contributed by atoms with E-state index in [4.69, 9.17) is 4.52 Å². The van der Waals surface area contributed by atoms with Gasteiger partial charge in [0, 0.05) is 12.1 Å². The van der Waals surface area contributed by atoms with E-state index in [9.17, 15) is 10.1 Å². The van der Waals surface area contributed by atoms with Crippen molar-refractivity contribution in [2.24, 2.45) is 0 Å². The van der Waals surface area contributed by atoms with Gasteiger partial charge < -0.3 is 20.0 Å². The number of nitrogens with zero attached hydrogens (tertiary/aromatic N) is 3. The summed E-state index contributed by atoms with van der Waals surface area (Å²) in [6.07, 6.45) is 1.40. The van der Waals surface area contributed by atoms with E-state index in [0.29, 0.717) is 18.0 Å². The lowest BCUT2D eigenvalue weighted by Crippen LogP contribution is -1.99. The van der Waals surface area contributed by atoms with Crippen molar-refractivity contribution in [2.75, 3.05) is 5.32 Å². The molecule has 2 aromatic heterocycles. The molecule has 7 heteroatoms. The van der Waals surface area contributed by atoms with E-state index in [1.165, 1.54) is 12.3 Å². The third-order valence-electron chi connectivity index (χ3n) is 2.08. The van der Waals surface area contributed by atoms with E-state index in [-0.39, 0.29) is 5.82 Å².